The average molecular weight is 1340 g/mol. The highest BCUT2D eigenvalue weighted by Crippen LogP contribution is 2.37. The van der Waals surface area contributed by atoms with Gasteiger partial charge in [-0.15, -0.1) is 0 Å². The molecule has 0 radical (unpaired) electrons. The van der Waals surface area contributed by atoms with Crippen LogP contribution in [0.4, 0.5) is 0 Å². The number of benzene rings is 5. The number of amides is 8. The molecular formula is C76H102N12O10. The Bertz CT molecular complexity index is 3130. The Morgan fingerprint density at radius 3 is 1.15 bits per heavy atom. The SMILES string of the molecule is CCC(NC)C(=O)NC1C(=O)N2C(CCC1CCNCc1ccccc1)CCC2C(=O)NC(C(=O)NCCOCc1ccc(COCCNC(=O)C(NC(=O)C2CCC3CCC(CCNCc4ccccc4)C(NC(=O)C(CC)NC)C(=O)N32)c2ccccc2)cc1)c1ccccc1. The molecule has 4 fully saturated rings. The number of carbonyl (C=O) groups excluding carboxylic acids is 8. The fraction of sp³-hybridized carbons (Fsp3) is 0.500. The summed E-state index contributed by atoms with van der Waals surface area (Å²) in [5.41, 5.74) is 5.28. The molecule has 4 heterocycles. The van der Waals surface area contributed by atoms with Gasteiger partial charge < -0.3 is 72.4 Å². The molecule has 8 amide bonds. The smallest absolute Gasteiger partial charge is 0.247 e. The number of likely N-dealkylation sites (N-methyl/N-ethyl adjacent to an activating group) is 2. The summed E-state index contributed by atoms with van der Waals surface area (Å²) in [4.78, 5) is 117. The second-order valence-electron chi connectivity index (χ2n) is 26.2. The summed E-state index contributed by atoms with van der Waals surface area (Å²) in [7, 11) is 3.45. The van der Waals surface area contributed by atoms with Crippen molar-refractivity contribution in [1.82, 2.24) is 63.0 Å². The van der Waals surface area contributed by atoms with Crippen molar-refractivity contribution in [2.24, 2.45) is 11.8 Å². The van der Waals surface area contributed by atoms with Crippen molar-refractivity contribution < 1.29 is 47.8 Å². The van der Waals surface area contributed by atoms with E-state index in [9.17, 15) is 38.4 Å². The van der Waals surface area contributed by atoms with Gasteiger partial charge in [-0.1, -0.05) is 159 Å². The third kappa shape index (κ3) is 20.4. The van der Waals surface area contributed by atoms with Gasteiger partial charge in [-0.05, 0) is 149 Å². The van der Waals surface area contributed by atoms with Crippen LogP contribution in [0.3, 0.4) is 0 Å². The lowest BCUT2D eigenvalue weighted by atomic mass is 9.90. The number of hydrogen-bond donors (Lipinski definition) is 10. The van der Waals surface area contributed by atoms with E-state index in [0.29, 0.717) is 114 Å². The van der Waals surface area contributed by atoms with Crippen LogP contribution in [0.25, 0.3) is 0 Å². The van der Waals surface area contributed by atoms with Gasteiger partial charge in [-0.25, -0.2) is 0 Å². The van der Waals surface area contributed by atoms with Crippen LogP contribution in [-0.2, 0) is 74.1 Å². The molecule has 5 aromatic rings. The van der Waals surface area contributed by atoms with Gasteiger partial charge >= 0.3 is 0 Å². The molecule has 10 N–H and O–H groups in total. The first-order valence-electron chi connectivity index (χ1n) is 35.4. The minimum Gasteiger partial charge on any atom is -0.375 e. The number of carbonyl (C=O) groups is 8. The zero-order valence-corrected chi connectivity index (χ0v) is 57.3. The van der Waals surface area contributed by atoms with Crippen LogP contribution in [-0.4, -0.2) is 159 Å². The number of ether oxygens (including phenoxy) is 2. The first-order valence-corrected chi connectivity index (χ1v) is 35.4. The summed E-state index contributed by atoms with van der Waals surface area (Å²) in [5.74, 6) is -3.07. The first-order chi connectivity index (χ1) is 47.8. The third-order valence-corrected chi connectivity index (χ3v) is 19.8. The van der Waals surface area contributed by atoms with E-state index < -0.39 is 72.0 Å². The summed E-state index contributed by atoms with van der Waals surface area (Å²) in [6, 6.07) is 39.2. The molecule has 526 valence electrons. The molecule has 9 rings (SSSR count). The zero-order chi connectivity index (χ0) is 69.2. The van der Waals surface area contributed by atoms with Crippen LogP contribution in [0.2, 0.25) is 0 Å². The Balaban J connectivity index is 0.722. The summed E-state index contributed by atoms with van der Waals surface area (Å²) in [5, 5.41) is 31.2. The highest BCUT2D eigenvalue weighted by molar-refractivity contribution is 5.97. The van der Waals surface area contributed by atoms with E-state index in [4.69, 9.17) is 9.47 Å². The van der Waals surface area contributed by atoms with Crippen LogP contribution >= 0.6 is 0 Å². The van der Waals surface area contributed by atoms with Crippen LogP contribution < -0.4 is 53.2 Å². The van der Waals surface area contributed by atoms with Crippen molar-refractivity contribution in [2.75, 3.05) is 53.5 Å². The first kappa shape index (κ1) is 73.9. The standard InChI is InChI=1S/C76H102N12O10/c1-5-61(77-3)69(89)85-67-57(39-41-79-47-51-19-11-7-12-20-51)31-33-59-35-37-63(87(59)75(67)95)71(91)83-65(55-23-15-9-16-24-55)73(93)81-43-45-97-49-53-27-29-54(30-28-53)50-98-46-44-82-74(94)66(56-25-17-10-18-26-56)84-72(92)64-38-36-60-34-32-58(40-42-80-48-52-21-13-8-14-22-52)68(76(96)88(60)64)86-70(90)62(6-2)78-4/h7-30,57-68,77-80H,5-6,31-50H2,1-4H3,(H,81,93)(H,82,94)(H,83,91)(H,84,92)(H,85,89)(H,86,90). The van der Waals surface area contributed by atoms with E-state index in [1.165, 1.54) is 0 Å². The Kier molecular flexibility index (Phi) is 28.7. The van der Waals surface area contributed by atoms with Crippen molar-refractivity contribution in [3.63, 3.8) is 0 Å². The van der Waals surface area contributed by atoms with E-state index in [0.717, 1.165) is 22.3 Å². The van der Waals surface area contributed by atoms with E-state index in [2.05, 4.69) is 77.4 Å². The predicted molar refractivity (Wildman–Crippen MR) is 375 cm³/mol. The number of hydrogen-bond acceptors (Lipinski definition) is 14. The second kappa shape index (κ2) is 38.1. The number of nitrogens with one attached hydrogen (secondary N) is 10. The average Bonchev–Trinajstić information content (AvgIpc) is 1.63. The van der Waals surface area contributed by atoms with Crippen molar-refractivity contribution >= 4 is 47.3 Å². The maximum Gasteiger partial charge on any atom is 0.247 e. The normalized spacial score (nSPS) is 21.8. The molecule has 12 unspecified atom stereocenters. The van der Waals surface area contributed by atoms with E-state index in [1.54, 1.807) is 72.4 Å². The van der Waals surface area contributed by atoms with Crippen molar-refractivity contribution in [3.8, 4) is 0 Å². The summed E-state index contributed by atoms with van der Waals surface area (Å²) >= 11 is 0. The highest BCUT2D eigenvalue weighted by Gasteiger charge is 2.50. The summed E-state index contributed by atoms with van der Waals surface area (Å²) in [6.07, 6.45) is 7.30. The van der Waals surface area contributed by atoms with Gasteiger partial charge in [0.05, 0.1) is 38.5 Å². The van der Waals surface area contributed by atoms with Crippen molar-refractivity contribution in [2.45, 2.75) is 178 Å². The van der Waals surface area contributed by atoms with Crippen LogP contribution in [0.5, 0.6) is 0 Å². The van der Waals surface area contributed by atoms with E-state index in [-0.39, 0.29) is 87.1 Å². The van der Waals surface area contributed by atoms with Gasteiger partial charge in [0, 0.05) is 38.3 Å². The molecule has 22 nitrogen and oxygen atoms in total. The Morgan fingerprint density at radius 2 is 0.796 bits per heavy atom. The molecule has 22 heteroatoms. The largest absolute Gasteiger partial charge is 0.375 e. The van der Waals surface area contributed by atoms with Gasteiger partial charge in [0.2, 0.25) is 47.3 Å². The van der Waals surface area contributed by atoms with Crippen molar-refractivity contribution in [3.05, 3.63) is 179 Å². The molecule has 0 saturated carbocycles. The summed E-state index contributed by atoms with van der Waals surface area (Å²) < 4.78 is 12.0. The van der Waals surface area contributed by atoms with Gasteiger partial charge in [0.25, 0.3) is 0 Å². The number of fused-ring (bicyclic) bond motifs is 2. The van der Waals surface area contributed by atoms with Crippen LogP contribution in [0.15, 0.2) is 146 Å². The Hall–Kier alpha value is -8.38. The lowest BCUT2D eigenvalue weighted by Crippen LogP contribution is -2.58. The molecule has 0 aliphatic carbocycles. The van der Waals surface area contributed by atoms with Gasteiger partial charge in [-0.3, -0.25) is 38.4 Å². The summed E-state index contributed by atoms with van der Waals surface area (Å²) in [6.45, 7) is 7.73. The molecule has 98 heavy (non-hydrogen) atoms. The maximum absolute atomic E-state index is 14.8. The Morgan fingerprint density at radius 1 is 0.439 bits per heavy atom. The predicted octanol–water partition coefficient (Wildman–Crippen LogP) is 5.53. The van der Waals surface area contributed by atoms with Gasteiger partial charge in [0.15, 0.2) is 0 Å². The minimum absolute atomic E-state index is 0.153. The van der Waals surface area contributed by atoms with Gasteiger partial charge in [-0.2, -0.15) is 0 Å². The third-order valence-electron chi connectivity index (χ3n) is 19.8. The maximum atomic E-state index is 14.8. The van der Waals surface area contributed by atoms with E-state index in [1.807, 2.05) is 86.6 Å². The zero-order valence-electron chi connectivity index (χ0n) is 57.3. The Labute approximate surface area is 577 Å². The highest BCUT2D eigenvalue weighted by atomic mass is 16.5. The number of nitrogens with zero attached hydrogens (tertiary/aromatic N) is 2. The van der Waals surface area contributed by atoms with Crippen LogP contribution in [0, 0.1) is 11.8 Å². The quantitative estimate of drug-likeness (QED) is 0.0221. The molecule has 12 atom stereocenters. The molecular weight excluding hydrogens is 1240 g/mol. The molecule has 0 spiro atoms. The molecule has 4 saturated heterocycles. The molecule has 0 aromatic heterocycles. The topological polar surface area (TPSA) is 282 Å². The molecule has 4 aliphatic heterocycles. The minimum atomic E-state index is -1.05. The molecule has 5 aromatic carbocycles. The van der Waals surface area contributed by atoms with Crippen LogP contribution in [0.1, 0.15) is 136 Å². The van der Waals surface area contributed by atoms with E-state index >= 15 is 0 Å². The number of rotatable bonds is 36. The molecule has 4 aliphatic rings. The van der Waals surface area contributed by atoms with Gasteiger partial charge in [0.1, 0.15) is 36.3 Å². The monoisotopic (exact) mass is 1340 g/mol. The second-order valence-corrected chi connectivity index (χ2v) is 26.2. The van der Waals surface area contributed by atoms with Crippen molar-refractivity contribution in [1.29, 1.82) is 0 Å². The lowest BCUT2D eigenvalue weighted by molar-refractivity contribution is -0.144. The lowest BCUT2D eigenvalue weighted by Gasteiger charge is -2.33. The fourth-order valence-corrected chi connectivity index (χ4v) is 14.3. The molecule has 0 bridgehead atoms. The fourth-order valence-electron chi connectivity index (χ4n) is 14.3.